The summed E-state index contributed by atoms with van der Waals surface area (Å²) in [5, 5.41) is 9.38. The van der Waals surface area contributed by atoms with Crippen LogP contribution < -0.4 is 9.47 Å². The average molecular weight is 459 g/mol. The van der Waals surface area contributed by atoms with Crippen LogP contribution in [0.15, 0.2) is 50.6 Å². The van der Waals surface area contributed by atoms with E-state index in [1.807, 2.05) is 14.1 Å². The molecule has 0 aromatic heterocycles. The van der Waals surface area contributed by atoms with Crippen LogP contribution in [0.2, 0.25) is 0 Å². The highest BCUT2D eigenvalue weighted by atomic mass is 32.2. The lowest BCUT2D eigenvalue weighted by atomic mass is 10.1. The van der Waals surface area contributed by atoms with Crippen LogP contribution in [0.5, 0.6) is 11.5 Å². The molecule has 0 saturated carbocycles. The van der Waals surface area contributed by atoms with Crippen molar-refractivity contribution in [1.82, 2.24) is 4.90 Å². The second kappa shape index (κ2) is 11.2. The molecule has 0 N–H and O–H groups in total. The number of hydrogen-bond acceptors (Lipinski definition) is 7. The number of amides is 1. The van der Waals surface area contributed by atoms with E-state index < -0.39 is 15.8 Å². The molecular formula is C22H26N4O5S. The van der Waals surface area contributed by atoms with Crippen LogP contribution in [0.3, 0.4) is 0 Å². The molecule has 1 atom stereocenters. The highest BCUT2D eigenvalue weighted by Gasteiger charge is 2.13. The first-order chi connectivity index (χ1) is 15.2. The van der Waals surface area contributed by atoms with E-state index in [4.69, 9.17) is 14.2 Å². The molecule has 0 aliphatic carbocycles. The number of methoxy groups -OCH3 is 1. The normalized spacial score (nSPS) is 12.5. The van der Waals surface area contributed by atoms with Gasteiger partial charge in [-0.05, 0) is 24.6 Å². The third kappa shape index (κ3) is 6.72. The van der Waals surface area contributed by atoms with Crippen LogP contribution in [0.4, 0.5) is 10.5 Å². The Balaban J connectivity index is 2.23. The van der Waals surface area contributed by atoms with Crippen molar-refractivity contribution in [2.75, 3.05) is 34.1 Å². The number of nitrogens with zero attached hydrogens (tertiary/aromatic N) is 4. The Bertz CT molecular complexity index is 1140. The van der Waals surface area contributed by atoms with E-state index >= 15 is 0 Å². The SMILES string of the molecule is CCOC(=O)N=S(C)(=O)c1ccc(COc2cc(/N=C\N(C)C)c(C#N)cc2OC)cc1. The zero-order valence-electron chi connectivity index (χ0n) is 18.7. The molecule has 2 aromatic carbocycles. The van der Waals surface area contributed by atoms with Crippen molar-refractivity contribution in [2.24, 2.45) is 9.36 Å². The van der Waals surface area contributed by atoms with E-state index in [2.05, 4.69) is 15.4 Å². The summed E-state index contributed by atoms with van der Waals surface area (Å²) in [7, 11) is 2.23. The molecule has 0 spiro atoms. The van der Waals surface area contributed by atoms with E-state index in [0.29, 0.717) is 27.6 Å². The van der Waals surface area contributed by atoms with Crippen molar-refractivity contribution >= 4 is 27.8 Å². The van der Waals surface area contributed by atoms with Crippen molar-refractivity contribution in [1.29, 1.82) is 5.26 Å². The quantitative estimate of drug-likeness (QED) is 0.434. The maximum atomic E-state index is 12.7. The van der Waals surface area contributed by atoms with E-state index in [9.17, 15) is 14.3 Å². The summed E-state index contributed by atoms with van der Waals surface area (Å²) in [5.74, 6) is 0.838. The smallest absolute Gasteiger partial charge is 0.442 e. The maximum absolute atomic E-state index is 12.7. The minimum absolute atomic E-state index is 0.162. The number of carbonyl (C=O) groups is 1. The molecule has 9 nitrogen and oxygen atoms in total. The molecule has 0 saturated heterocycles. The van der Waals surface area contributed by atoms with Gasteiger partial charge >= 0.3 is 6.09 Å². The second-order valence-corrected chi connectivity index (χ2v) is 9.12. The predicted molar refractivity (Wildman–Crippen MR) is 122 cm³/mol. The standard InChI is InChI=1S/C22H26N4O5S/c1-6-30-22(27)25-32(5,28)18-9-7-16(8-10-18)14-31-21-12-19(24-15-26(2)3)17(13-23)11-20(21)29-4/h7-12,15H,6,14H2,1-5H3/b24-15-. The zero-order valence-corrected chi connectivity index (χ0v) is 19.5. The lowest BCUT2D eigenvalue weighted by Crippen LogP contribution is -2.07. The Labute approximate surface area is 188 Å². The summed E-state index contributed by atoms with van der Waals surface area (Å²) in [5.41, 5.74) is 1.61. The lowest BCUT2D eigenvalue weighted by Gasteiger charge is -2.13. The number of carbonyl (C=O) groups excluding carboxylic acids is 1. The Morgan fingerprint density at radius 1 is 1.22 bits per heavy atom. The van der Waals surface area contributed by atoms with Gasteiger partial charge in [0.05, 0.1) is 41.0 Å². The molecule has 0 aliphatic rings. The fourth-order valence-corrected chi connectivity index (χ4v) is 3.62. The molecule has 170 valence electrons. The highest BCUT2D eigenvalue weighted by Crippen LogP contribution is 2.35. The minimum Gasteiger partial charge on any atom is -0.493 e. The molecule has 0 bridgehead atoms. The number of benzene rings is 2. The number of aliphatic imine (C=N–C) groups is 1. The maximum Gasteiger partial charge on any atom is 0.442 e. The first kappa shape index (κ1) is 24.7. The van der Waals surface area contributed by atoms with Gasteiger partial charge in [0.25, 0.3) is 0 Å². The van der Waals surface area contributed by atoms with Gasteiger partial charge in [-0.25, -0.2) is 14.0 Å². The number of hydrogen-bond donors (Lipinski definition) is 0. The third-order valence-corrected chi connectivity index (χ3v) is 5.75. The van der Waals surface area contributed by atoms with E-state index in [1.54, 1.807) is 54.6 Å². The number of ether oxygens (including phenoxy) is 3. The molecule has 10 heteroatoms. The van der Waals surface area contributed by atoms with Crippen molar-refractivity contribution in [3.05, 3.63) is 47.5 Å². The summed E-state index contributed by atoms with van der Waals surface area (Å²) in [4.78, 5) is 18.0. The van der Waals surface area contributed by atoms with Gasteiger partial charge in [-0.2, -0.15) is 5.26 Å². The summed E-state index contributed by atoms with van der Waals surface area (Å²) in [6.07, 6.45) is 2.12. The van der Waals surface area contributed by atoms with Gasteiger partial charge in [0.1, 0.15) is 12.7 Å². The fourth-order valence-electron chi connectivity index (χ4n) is 2.54. The Kier molecular flexibility index (Phi) is 8.61. The van der Waals surface area contributed by atoms with Crippen molar-refractivity contribution < 1.29 is 23.2 Å². The summed E-state index contributed by atoms with van der Waals surface area (Å²) < 4.78 is 32.3. The summed E-state index contributed by atoms with van der Waals surface area (Å²) in [6, 6.07) is 12.1. The Morgan fingerprint density at radius 3 is 2.47 bits per heavy atom. The summed E-state index contributed by atoms with van der Waals surface area (Å²) >= 11 is 0. The largest absolute Gasteiger partial charge is 0.493 e. The first-order valence-corrected chi connectivity index (χ1v) is 11.6. The monoisotopic (exact) mass is 458 g/mol. The molecular weight excluding hydrogens is 432 g/mol. The predicted octanol–water partition coefficient (Wildman–Crippen LogP) is 3.98. The van der Waals surface area contributed by atoms with Crippen molar-refractivity contribution in [3.63, 3.8) is 0 Å². The van der Waals surface area contributed by atoms with Gasteiger partial charge in [-0.3, -0.25) is 0 Å². The third-order valence-electron chi connectivity index (χ3n) is 4.10. The average Bonchev–Trinajstić information content (AvgIpc) is 2.76. The zero-order chi connectivity index (χ0) is 23.7. The molecule has 2 aromatic rings. The second-order valence-electron chi connectivity index (χ2n) is 6.87. The van der Waals surface area contributed by atoms with Crippen LogP contribution >= 0.6 is 0 Å². The van der Waals surface area contributed by atoms with E-state index in [0.717, 1.165) is 5.56 Å². The molecule has 2 rings (SSSR count). The first-order valence-electron chi connectivity index (χ1n) is 9.63. The molecule has 1 unspecified atom stereocenters. The van der Waals surface area contributed by atoms with Crippen molar-refractivity contribution in [3.8, 4) is 17.6 Å². The Hall–Kier alpha value is -3.58. The number of nitriles is 1. The topological polar surface area (TPSA) is 114 Å². The molecule has 0 fully saturated rings. The molecule has 0 radical (unpaired) electrons. The Morgan fingerprint density at radius 2 is 1.91 bits per heavy atom. The van der Waals surface area contributed by atoms with Crippen LogP contribution in [0.25, 0.3) is 0 Å². The van der Waals surface area contributed by atoms with Crippen LogP contribution in [0, 0.1) is 11.3 Å². The van der Waals surface area contributed by atoms with Gasteiger partial charge in [-0.1, -0.05) is 12.1 Å². The van der Waals surface area contributed by atoms with Crippen molar-refractivity contribution in [2.45, 2.75) is 18.4 Å². The van der Waals surface area contributed by atoms with Crippen LogP contribution in [-0.2, 0) is 21.1 Å². The lowest BCUT2D eigenvalue weighted by molar-refractivity contribution is 0.164. The molecule has 32 heavy (non-hydrogen) atoms. The minimum atomic E-state index is -2.91. The van der Waals surface area contributed by atoms with Gasteiger partial charge in [-0.15, -0.1) is 4.36 Å². The van der Waals surface area contributed by atoms with Gasteiger partial charge in [0, 0.05) is 37.4 Å². The van der Waals surface area contributed by atoms with Crippen LogP contribution in [-0.4, -0.2) is 55.6 Å². The molecule has 0 aliphatic heterocycles. The fraction of sp³-hybridized carbons (Fsp3) is 0.318. The van der Waals surface area contributed by atoms with Gasteiger partial charge in [0.15, 0.2) is 11.5 Å². The van der Waals surface area contributed by atoms with E-state index in [1.165, 1.54) is 13.4 Å². The van der Waals surface area contributed by atoms with Gasteiger partial charge < -0.3 is 19.1 Å². The van der Waals surface area contributed by atoms with E-state index in [-0.39, 0.29) is 13.2 Å². The molecule has 0 heterocycles. The molecule has 1 amide bonds. The number of rotatable bonds is 8. The van der Waals surface area contributed by atoms with Gasteiger partial charge in [0.2, 0.25) is 0 Å². The summed E-state index contributed by atoms with van der Waals surface area (Å²) in [6.45, 7) is 2.01. The highest BCUT2D eigenvalue weighted by molar-refractivity contribution is 7.93. The van der Waals surface area contributed by atoms with Crippen LogP contribution in [0.1, 0.15) is 18.1 Å².